The number of esters is 1. The van der Waals surface area contributed by atoms with E-state index in [-0.39, 0.29) is 12.0 Å². The first kappa shape index (κ1) is 11.6. The van der Waals surface area contributed by atoms with Gasteiger partial charge in [0.2, 0.25) is 0 Å². The van der Waals surface area contributed by atoms with Crippen LogP contribution in [0.25, 0.3) is 0 Å². The van der Waals surface area contributed by atoms with Gasteiger partial charge in [-0.15, -0.1) is 11.8 Å². The minimum atomic E-state index is -0.264. The molecule has 0 N–H and O–H groups in total. The second-order valence-corrected chi connectivity index (χ2v) is 4.72. The molecule has 0 aromatic rings. The molecule has 0 aromatic heterocycles. The standard InChI is InChI=1S/C10H17NO2S/c1-4-6-8-9(10(12)13-5-2)11-7(3)14-8/h8-9H,4-6H2,1-3H3. The van der Waals surface area contributed by atoms with Gasteiger partial charge in [0.1, 0.15) is 0 Å². The van der Waals surface area contributed by atoms with E-state index < -0.39 is 0 Å². The van der Waals surface area contributed by atoms with Gasteiger partial charge in [-0.1, -0.05) is 13.3 Å². The molecule has 0 spiro atoms. The van der Waals surface area contributed by atoms with E-state index in [0.29, 0.717) is 11.9 Å². The van der Waals surface area contributed by atoms with Crippen LogP contribution in [0.2, 0.25) is 0 Å². The number of carbonyl (C=O) groups excluding carboxylic acids is 1. The average molecular weight is 215 g/mol. The lowest BCUT2D eigenvalue weighted by molar-refractivity contribution is -0.144. The third kappa shape index (κ3) is 2.74. The fraction of sp³-hybridized carbons (Fsp3) is 0.800. The molecule has 1 rings (SSSR count). The van der Waals surface area contributed by atoms with E-state index in [0.717, 1.165) is 17.9 Å². The predicted molar refractivity (Wildman–Crippen MR) is 59.8 cm³/mol. The van der Waals surface area contributed by atoms with Gasteiger partial charge in [-0.25, -0.2) is 4.79 Å². The van der Waals surface area contributed by atoms with Gasteiger partial charge < -0.3 is 4.74 Å². The highest BCUT2D eigenvalue weighted by Crippen LogP contribution is 2.30. The van der Waals surface area contributed by atoms with Gasteiger partial charge in [0.25, 0.3) is 0 Å². The van der Waals surface area contributed by atoms with Crippen LogP contribution in [-0.4, -0.2) is 28.9 Å². The molecule has 2 atom stereocenters. The second-order valence-electron chi connectivity index (χ2n) is 3.29. The number of carbonyl (C=O) groups is 1. The van der Waals surface area contributed by atoms with Gasteiger partial charge in [-0.3, -0.25) is 4.99 Å². The minimum absolute atomic E-state index is 0.171. The fourth-order valence-electron chi connectivity index (χ4n) is 1.53. The maximum absolute atomic E-state index is 11.5. The van der Waals surface area contributed by atoms with Gasteiger partial charge in [0.05, 0.1) is 11.7 Å². The van der Waals surface area contributed by atoms with E-state index >= 15 is 0 Å². The van der Waals surface area contributed by atoms with Crippen molar-refractivity contribution in [1.29, 1.82) is 0 Å². The molecular weight excluding hydrogens is 198 g/mol. The van der Waals surface area contributed by atoms with E-state index in [1.165, 1.54) is 0 Å². The number of aliphatic imine (C=N–C) groups is 1. The Kier molecular flexibility index (Phi) is 4.45. The van der Waals surface area contributed by atoms with Crippen LogP contribution in [0.5, 0.6) is 0 Å². The molecule has 0 amide bonds. The summed E-state index contributed by atoms with van der Waals surface area (Å²) >= 11 is 1.70. The van der Waals surface area contributed by atoms with Crippen LogP contribution in [0.4, 0.5) is 0 Å². The zero-order valence-corrected chi connectivity index (χ0v) is 9.76. The number of hydrogen-bond donors (Lipinski definition) is 0. The smallest absolute Gasteiger partial charge is 0.332 e. The summed E-state index contributed by atoms with van der Waals surface area (Å²) in [6, 6.07) is -0.264. The van der Waals surface area contributed by atoms with Crippen molar-refractivity contribution < 1.29 is 9.53 Å². The molecule has 1 aliphatic heterocycles. The van der Waals surface area contributed by atoms with Crippen LogP contribution in [0.3, 0.4) is 0 Å². The lowest BCUT2D eigenvalue weighted by Crippen LogP contribution is -2.29. The molecule has 80 valence electrons. The Morgan fingerprint density at radius 2 is 2.29 bits per heavy atom. The Morgan fingerprint density at radius 3 is 2.86 bits per heavy atom. The van der Waals surface area contributed by atoms with Crippen molar-refractivity contribution in [3.63, 3.8) is 0 Å². The molecule has 0 radical (unpaired) electrons. The van der Waals surface area contributed by atoms with Gasteiger partial charge in [0.15, 0.2) is 6.04 Å². The van der Waals surface area contributed by atoms with E-state index in [4.69, 9.17) is 4.74 Å². The van der Waals surface area contributed by atoms with Crippen molar-refractivity contribution >= 4 is 22.8 Å². The van der Waals surface area contributed by atoms with Gasteiger partial charge in [-0.05, 0) is 20.3 Å². The van der Waals surface area contributed by atoms with Crippen molar-refractivity contribution in [2.24, 2.45) is 4.99 Å². The largest absolute Gasteiger partial charge is 0.464 e. The molecule has 0 fully saturated rings. The van der Waals surface area contributed by atoms with Crippen LogP contribution in [0, 0.1) is 0 Å². The van der Waals surface area contributed by atoms with Crippen LogP contribution >= 0.6 is 11.8 Å². The Balaban J connectivity index is 2.59. The van der Waals surface area contributed by atoms with Gasteiger partial charge in [0, 0.05) is 5.25 Å². The molecule has 0 saturated heterocycles. The summed E-state index contributed by atoms with van der Waals surface area (Å²) in [5, 5.41) is 1.29. The number of rotatable bonds is 4. The minimum Gasteiger partial charge on any atom is -0.464 e. The second kappa shape index (κ2) is 5.39. The Hall–Kier alpha value is -0.510. The molecule has 1 heterocycles. The predicted octanol–water partition coefficient (Wildman–Crippen LogP) is 2.25. The molecule has 4 heteroatoms. The number of hydrogen-bond acceptors (Lipinski definition) is 4. The molecule has 0 saturated carbocycles. The summed E-state index contributed by atoms with van der Waals surface area (Å²) in [5.74, 6) is -0.171. The first-order valence-electron chi connectivity index (χ1n) is 5.06. The fourth-order valence-corrected chi connectivity index (χ4v) is 2.79. The molecule has 1 aliphatic rings. The van der Waals surface area contributed by atoms with Crippen molar-refractivity contribution in [1.82, 2.24) is 0 Å². The number of ether oxygens (including phenoxy) is 1. The van der Waals surface area contributed by atoms with Crippen molar-refractivity contribution in [2.45, 2.75) is 44.9 Å². The average Bonchev–Trinajstić information content (AvgIpc) is 2.48. The molecule has 14 heavy (non-hydrogen) atoms. The highest BCUT2D eigenvalue weighted by Gasteiger charge is 2.34. The highest BCUT2D eigenvalue weighted by atomic mass is 32.2. The molecule has 0 aromatic carbocycles. The summed E-state index contributed by atoms with van der Waals surface area (Å²) in [4.78, 5) is 15.8. The third-order valence-corrected chi connectivity index (χ3v) is 3.34. The first-order chi connectivity index (χ1) is 6.69. The number of nitrogens with zero attached hydrogens (tertiary/aromatic N) is 1. The zero-order valence-electron chi connectivity index (χ0n) is 8.95. The lowest BCUT2D eigenvalue weighted by atomic mass is 10.1. The summed E-state index contributed by atoms with van der Waals surface area (Å²) < 4.78 is 4.99. The maximum atomic E-state index is 11.5. The molecule has 0 aliphatic carbocycles. The molecule has 0 bridgehead atoms. The van der Waals surface area contributed by atoms with Crippen molar-refractivity contribution in [3.8, 4) is 0 Å². The molecule has 2 unspecified atom stereocenters. The number of thioether (sulfide) groups is 1. The van der Waals surface area contributed by atoms with Gasteiger partial charge >= 0.3 is 5.97 Å². The van der Waals surface area contributed by atoms with Gasteiger partial charge in [-0.2, -0.15) is 0 Å². The first-order valence-corrected chi connectivity index (χ1v) is 5.94. The molecule has 3 nitrogen and oxygen atoms in total. The van der Waals surface area contributed by atoms with Crippen molar-refractivity contribution in [2.75, 3.05) is 6.61 Å². The summed E-state index contributed by atoms with van der Waals surface area (Å²) in [6.07, 6.45) is 2.10. The van der Waals surface area contributed by atoms with Crippen LogP contribution in [0.15, 0.2) is 4.99 Å². The Morgan fingerprint density at radius 1 is 1.57 bits per heavy atom. The Bertz CT molecular complexity index is 240. The monoisotopic (exact) mass is 215 g/mol. The highest BCUT2D eigenvalue weighted by molar-refractivity contribution is 8.14. The Labute approximate surface area is 89.3 Å². The van der Waals surface area contributed by atoms with E-state index in [1.807, 2.05) is 13.8 Å². The maximum Gasteiger partial charge on any atom is 0.332 e. The van der Waals surface area contributed by atoms with Crippen LogP contribution < -0.4 is 0 Å². The zero-order chi connectivity index (χ0) is 10.6. The summed E-state index contributed by atoms with van der Waals surface area (Å²) in [7, 11) is 0. The summed E-state index contributed by atoms with van der Waals surface area (Å²) in [6.45, 7) is 6.34. The third-order valence-electron chi connectivity index (χ3n) is 2.10. The SMILES string of the molecule is CCCC1SC(C)=NC1C(=O)OCC. The van der Waals surface area contributed by atoms with E-state index in [2.05, 4.69) is 11.9 Å². The van der Waals surface area contributed by atoms with E-state index in [9.17, 15) is 4.79 Å². The lowest BCUT2D eigenvalue weighted by Gasteiger charge is -2.14. The summed E-state index contributed by atoms with van der Waals surface area (Å²) in [5.41, 5.74) is 0. The van der Waals surface area contributed by atoms with Crippen LogP contribution in [0.1, 0.15) is 33.6 Å². The van der Waals surface area contributed by atoms with Crippen LogP contribution in [-0.2, 0) is 9.53 Å². The quantitative estimate of drug-likeness (QED) is 0.675. The normalized spacial score (nSPS) is 26.1. The van der Waals surface area contributed by atoms with E-state index in [1.54, 1.807) is 11.8 Å². The van der Waals surface area contributed by atoms with Crippen molar-refractivity contribution in [3.05, 3.63) is 0 Å². The molecular formula is C10H17NO2S. The topological polar surface area (TPSA) is 38.7 Å².